The van der Waals surface area contributed by atoms with Crippen LogP contribution in [-0.4, -0.2) is 58.8 Å². The van der Waals surface area contributed by atoms with Gasteiger partial charge in [0.25, 0.3) is 11.7 Å². The van der Waals surface area contributed by atoms with Gasteiger partial charge in [0.1, 0.15) is 11.6 Å². The van der Waals surface area contributed by atoms with E-state index in [2.05, 4.69) is 4.98 Å². The Kier molecular flexibility index (Phi) is 5.84. The van der Waals surface area contributed by atoms with E-state index in [1.54, 1.807) is 12.1 Å². The van der Waals surface area contributed by atoms with E-state index in [9.17, 15) is 19.1 Å². The zero-order chi connectivity index (χ0) is 20.3. The van der Waals surface area contributed by atoms with Crippen molar-refractivity contribution in [3.05, 3.63) is 71.3 Å². The number of ketones is 1. The van der Waals surface area contributed by atoms with Gasteiger partial charge in [0.2, 0.25) is 0 Å². The Bertz CT molecular complexity index is 912. The van der Waals surface area contributed by atoms with Crippen LogP contribution < -0.4 is 0 Å². The second kappa shape index (κ2) is 8.31. The number of benzene rings is 1. The van der Waals surface area contributed by atoms with Crippen LogP contribution in [0.3, 0.4) is 0 Å². The Labute approximate surface area is 162 Å². The van der Waals surface area contributed by atoms with Crippen LogP contribution in [0.5, 0.6) is 0 Å². The van der Waals surface area contributed by atoms with Gasteiger partial charge in [0, 0.05) is 30.1 Å². The molecule has 7 heteroatoms. The summed E-state index contributed by atoms with van der Waals surface area (Å²) in [5.74, 6) is -2.41. The fourth-order valence-corrected chi connectivity index (χ4v) is 3.35. The Hall–Kier alpha value is -3.06. The first-order valence-electron chi connectivity index (χ1n) is 8.99. The molecule has 1 amide bonds. The van der Waals surface area contributed by atoms with Crippen molar-refractivity contribution in [2.75, 3.05) is 27.2 Å². The van der Waals surface area contributed by atoms with E-state index < -0.39 is 23.5 Å². The lowest BCUT2D eigenvalue weighted by atomic mass is 9.95. The summed E-state index contributed by atoms with van der Waals surface area (Å²) in [6, 6.07) is 8.09. The van der Waals surface area contributed by atoms with Gasteiger partial charge < -0.3 is 14.9 Å². The molecule has 146 valence electrons. The molecule has 0 aliphatic carbocycles. The molecule has 0 spiro atoms. The number of likely N-dealkylation sites (tertiary alicyclic amines) is 1. The Morgan fingerprint density at radius 1 is 1.18 bits per heavy atom. The smallest absolute Gasteiger partial charge is 0.295 e. The molecule has 1 aromatic carbocycles. The molecular weight excluding hydrogens is 361 g/mol. The van der Waals surface area contributed by atoms with Gasteiger partial charge in [0.05, 0.1) is 11.6 Å². The summed E-state index contributed by atoms with van der Waals surface area (Å²) < 4.78 is 14.6. The topological polar surface area (TPSA) is 73.7 Å². The van der Waals surface area contributed by atoms with Crippen LogP contribution in [0.15, 0.2) is 54.4 Å². The Balaban J connectivity index is 2.10. The monoisotopic (exact) mass is 383 g/mol. The van der Waals surface area contributed by atoms with E-state index in [0.717, 1.165) is 0 Å². The summed E-state index contributed by atoms with van der Waals surface area (Å²) in [6.07, 6.45) is 3.56. The number of hydrogen-bond acceptors (Lipinski definition) is 5. The minimum atomic E-state index is -0.975. The molecule has 1 aromatic heterocycles. The third-order valence-corrected chi connectivity index (χ3v) is 4.70. The highest BCUT2D eigenvalue weighted by molar-refractivity contribution is 6.46. The summed E-state index contributed by atoms with van der Waals surface area (Å²) in [6.45, 7) is 0.978. The predicted molar refractivity (Wildman–Crippen MR) is 103 cm³/mol. The number of carbonyl (C=O) groups excluding carboxylic acids is 2. The predicted octanol–water partition coefficient (Wildman–Crippen LogP) is 2.59. The first-order valence-corrected chi connectivity index (χ1v) is 8.99. The Morgan fingerprint density at radius 2 is 1.86 bits per heavy atom. The minimum absolute atomic E-state index is 0.105. The average molecular weight is 383 g/mol. The molecule has 2 heterocycles. The van der Waals surface area contributed by atoms with Crippen molar-refractivity contribution in [1.82, 2.24) is 14.8 Å². The summed E-state index contributed by atoms with van der Waals surface area (Å²) in [5, 5.41) is 10.8. The maximum atomic E-state index is 14.6. The van der Waals surface area contributed by atoms with E-state index in [1.807, 2.05) is 19.0 Å². The molecule has 1 atom stereocenters. The van der Waals surface area contributed by atoms with Crippen molar-refractivity contribution < 1.29 is 19.1 Å². The quantitative estimate of drug-likeness (QED) is 0.472. The highest BCUT2D eigenvalue weighted by Gasteiger charge is 2.46. The molecule has 0 radical (unpaired) electrons. The third-order valence-electron chi connectivity index (χ3n) is 4.70. The standard InChI is InChI=1S/C21H22FN3O3/c1-24(2)12-5-13-25-18(15-6-3-4-7-16(15)22)17(20(27)21(25)28)19(26)14-8-10-23-11-9-14/h3-4,6-11,18,26H,5,12-13H2,1-2H3/b19-17+/t18-/m0/s1. The maximum absolute atomic E-state index is 14.6. The van der Waals surface area contributed by atoms with Crippen molar-refractivity contribution >= 4 is 17.4 Å². The van der Waals surface area contributed by atoms with Crippen molar-refractivity contribution in [2.24, 2.45) is 0 Å². The number of aromatic nitrogens is 1. The molecule has 1 aliphatic rings. The molecule has 3 rings (SSSR count). The number of nitrogens with zero attached hydrogens (tertiary/aromatic N) is 3. The SMILES string of the molecule is CN(C)CCCN1C(=O)C(=O)/C(=C(/O)c2ccncc2)[C@@H]1c1ccccc1F. The van der Waals surface area contributed by atoms with Crippen LogP contribution in [0, 0.1) is 5.82 Å². The summed E-state index contributed by atoms with van der Waals surface area (Å²) >= 11 is 0. The van der Waals surface area contributed by atoms with E-state index in [4.69, 9.17) is 0 Å². The Morgan fingerprint density at radius 3 is 2.50 bits per heavy atom. The normalized spacial score (nSPS) is 18.9. The molecule has 1 saturated heterocycles. The second-order valence-corrected chi connectivity index (χ2v) is 6.91. The van der Waals surface area contributed by atoms with Crippen molar-refractivity contribution in [3.63, 3.8) is 0 Å². The van der Waals surface area contributed by atoms with Crippen molar-refractivity contribution in [3.8, 4) is 0 Å². The number of pyridine rings is 1. The van der Waals surface area contributed by atoms with Crippen LogP contribution in [0.2, 0.25) is 0 Å². The molecule has 6 nitrogen and oxygen atoms in total. The van der Waals surface area contributed by atoms with Gasteiger partial charge >= 0.3 is 0 Å². The summed E-state index contributed by atoms with van der Waals surface area (Å²) in [7, 11) is 3.82. The second-order valence-electron chi connectivity index (χ2n) is 6.91. The van der Waals surface area contributed by atoms with Crippen LogP contribution in [0.25, 0.3) is 5.76 Å². The molecule has 0 bridgehead atoms. The van der Waals surface area contributed by atoms with E-state index in [0.29, 0.717) is 18.5 Å². The van der Waals surface area contributed by atoms with Gasteiger partial charge in [-0.25, -0.2) is 4.39 Å². The number of aliphatic hydroxyl groups is 1. The van der Waals surface area contributed by atoms with Crippen molar-refractivity contribution in [1.29, 1.82) is 0 Å². The molecule has 2 aromatic rings. The van der Waals surface area contributed by atoms with Crippen LogP contribution in [0.1, 0.15) is 23.6 Å². The van der Waals surface area contributed by atoms with Gasteiger partial charge in [-0.15, -0.1) is 0 Å². The first-order chi connectivity index (χ1) is 13.4. The van der Waals surface area contributed by atoms with Crippen LogP contribution >= 0.6 is 0 Å². The molecule has 1 fully saturated rings. The molecule has 1 N–H and O–H groups in total. The average Bonchev–Trinajstić information content (AvgIpc) is 2.93. The largest absolute Gasteiger partial charge is 0.507 e. The van der Waals surface area contributed by atoms with Gasteiger partial charge in [0.15, 0.2) is 0 Å². The highest BCUT2D eigenvalue weighted by atomic mass is 19.1. The third kappa shape index (κ3) is 3.80. The zero-order valence-electron chi connectivity index (χ0n) is 15.8. The summed E-state index contributed by atoms with van der Waals surface area (Å²) in [5.41, 5.74) is 0.427. The molecular formula is C21H22FN3O3. The number of amides is 1. The zero-order valence-corrected chi connectivity index (χ0v) is 15.8. The maximum Gasteiger partial charge on any atom is 0.295 e. The van der Waals surface area contributed by atoms with E-state index >= 15 is 0 Å². The molecule has 0 saturated carbocycles. The van der Waals surface area contributed by atoms with Gasteiger partial charge in [-0.2, -0.15) is 0 Å². The minimum Gasteiger partial charge on any atom is -0.507 e. The number of carbonyl (C=O) groups is 2. The van der Waals surface area contributed by atoms with Crippen LogP contribution in [0.4, 0.5) is 4.39 Å². The molecule has 28 heavy (non-hydrogen) atoms. The van der Waals surface area contributed by atoms with Crippen LogP contribution in [-0.2, 0) is 9.59 Å². The van der Waals surface area contributed by atoms with E-state index in [-0.39, 0.29) is 23.4 Å². The lowest BCUT2D eigenvalue weighted by Crippen LogP contribution is -2.32. The lowest BCUT2D eigenvalue weighted by Gasteiger charge is -2.26. The number of halogens is 1. The highest BCUT2D eigenvalue weighted by Crippen LogP contribution is 2.40. The van der Waals surface area contributed by atoms with Gasteiger partial charge in [-0.1, -0.05) is 18.2 Å². The molecule has 1 aliphatic heterocycles. The number of aliphatic hydroxyl groups excluding tert-OH is 1. The number of Topliss-reactive ketones (excluding diaryl/α,β-unsaturated/α-hetero) is 1. The van der Waals surface area contributed by atoms with Gasteiger partial charge in [-0.05, 0) is 45.3 Å². The van der Waals surface area contributed by atoms with Gasteiger partial charge in [-0.3, -0.25) is 14.6 Å². The summed E-state index contributed by atoms with van der Waals surface area (Å²) in [4.78, 5) is 32.7. The fraction of sp³-hybridized carbons (Fsp3) is 0.286. The molecule has 0 unspecified atom stereocenters. The lowest BCUT2D eigenvalue weighted by molar-refractivity contribution is -0.140. The van der Waals surface area contributed by atoms with E-state index in [1.165, 1.54) is 41.6 Å². The van der Waals surface area contributed by atoms with Crippen molar-refractivity contribution in [2.45, 2.75) is 12.5 Å². The fourth-order valence-electron chi connectivity index (χ4n) is 3.35. The number of hydrogen-bond donors (Lipinski definition) is 1. The number of rotatable bonds is 6. The first kappa shape index (κ1) is 19.7.